The molecule has 2 aromatic heterocycles. The molecule has 172 valence electrons. The van der Waals surface area contributed by atoms with Gasteiger partial charge in [0.15, 0.2) is 11.5 Å². The molecular formula is C23H29ClN4O4. The highest BCUT2D eigenvalue weighted by atomic mass is 35.5. The number of nitrogens with one attached hydrogen (secondary N) is 1. The molecule has 0 bridgehead atoms. The van der Waals surface area contributed by atoms with Crippen LogP contribution in [-0.2, 0) is 0 Å². The second kappa shape index (κ2) is 10.7. The summed E-state index contributed by atoms with van der Waals surface area (Å²) < 4.78 is 16.4. The first kappa shape index (κ1) is 23.8. The summed E-state index contributed by atoms with van der Waals surface area (Å²) in [6.45, 7) is 6.17. The minimum atomic E-state index is -0.272. The highest BCUT2D eigenvalue weighted by Crippen LogP contribution is 2.25. The third-order valence-electron chi connectivity index (χ3n) is 5.64. The minimum Gasteiger partial charge on any atom is -0.497 e. The quantitative estimate of drug-likeness (QED) is 0.578. The molecule has 1 amide bonds. The van der Waals surface area contributed by atoms with Gasteiger partial charge in [0.05, 0.1) is 13.2 Å². The summed E-state index contributed by atoms with van der Waals surface area (Å²) in [7, 11) is 3.74. The molecule has 1 aliphatic rings. The van der Waals surface area contributed by atoms with Crippen molar-refractivity contribution in [2.45, 2.75) is 13.0 Å². The Hall–Kier alpha value is -2.81. The largest absolute Gasteiger partial charge is 0.497 e. The van der Waals surface area contributed by atoms with Crippen molar-refractivity contribution < 1.29 is 18.5 Å². The fourth-order valence-corrected chi connectivity index (χ4v) is 3.73. The van der Waals surface area contributed by atoms with Crippen LogP contribution in [0.3, 0.4) is 0 Å². The molecule has 1 saturated heterocycles. The van der Waals surface area contributed by atoms with Crippen molar-refractivity contribution in [2.75, 3.05) is 46.9 Å². The average Bonchev–Trinajstić information content (AvgIpc) is 3.45. The molecular weight excluding hydrogens is 432 g/mol. The Labute approximate surface area is 193 Å². The van der Waals surface area contributed by atoms with Gasteiger partial charge in [-0.2, -0.15) is 0 Å². The molecule has 32 heavy (non-hydrogen) atoms. The number of carbonyl (C=O) groups is 1. The molecule has 8 nitrogen and oxygen atoms in total. The number of nitrogens with zero attached hydrogens (tertiary/aromatic N) is 3. The zero-order valence-electron chi connectivity index (χ0n) is 18.5. The van der Waals surface area contributed by atoms with Crippen LogP contribution in [0.1, 0.15) is 28.1 Å². The predicted molar refractivity (Wildman–Crippen MR) is 123 cm³/mol. The van der Waals surface area contributed by atoms with Crippen molar-refractivity contribution in [2.24, 2.45) is 0 Å². The topological polar surface area (TPSA) is 84.0 Å². The van der Waals surface area contributed by atoms with Crippen LogP contribution in [0.25, 0.3) is 11.3 Å². The lowest BCUT2D eigenvalue weighted by atomic mass is 10.1. The van der Waals surface area contributed by atoms with E-state index in [-0.39, 0.29) is 30.0 Å². The number of methoxy groups -OCH3 is 1. The number of hydrogen-bond acceptors (Lipinski definition) is 7. The summed E-state index contributed by atoms with van der Waals surface area (Å²) in [5.41, 5.74) is 1.08. The van der Waals surface area contributed by atoms with Gasteiger partial charge in [-0.05, 0) is 50.4 Å². The number of hydrogen-bond donors (Lipinski definition) is 1. The summed E-state index contributed by atoms with van der Waals surface area (Å²) >= 11 is 0. The van der Waals surface area contributed by atoms with Gasteiger partial charge in [-0.15, -0.1) is 12.4 Å². The van der Waals surface area contributed by atoms with E-state index in [9.17, 15) is 4.79 Å². The molecule has 3 aromatic rings. The minimum absolute atomic E-state index is 0. The third kappa shape index (κ3) is 5.51. The van der Waals surface area contributed by atoms with Crippen LogP contribution in [0.2, 0.25) is 0 Å². The zero-order valence-corrected chi connectivity index (χ0v) is 19.4. The predicted octanol–water partition coefficient (Wildman–Crippen LogP) is 3.39. The van der Waals surface area contributed by atoms with Crippen LogP contribution in [0.15, 0.2) is 51.4 Å². The second-order valence-electron chi connectivity index (χ2n) is 7.82. The molecule has 1 fully saturated rings. The molecule has 9 heteroatoms. The first-order valence-electron chi connectivity index (χ1n) is 10.4. The Morgan fingerprint density at radius 1 is 1.16 bits per heavy atom. The van der Waals surface area contributed by atoms with E-state index in [2.05, 4.69) is 27.3 Å². The van der Waals surface area contributed by atoms with E-state index in [0.717, 1.165) is 49.0 Å². The lowest BCUT2D eigenvalue weighted by molar-refractivity contribution is 0.0843. The van der Waals surface area contributed by atoms with Gasteiger partial charge in [-0.25, -0.2) is 0 Å². The summed E-state index contributed by atoms with van der Waals surface area (Å²) in [6.07, 6.45) is 0. The van der Waals surface area contributed by atoms with Crippen molar-refractivity contribution in [3.05, 3.63) is 59.7 Å². The van der Waals surface area contributed by atoms with E-state index in [4.69, 9.17) is 13.7 Å². The molecule has 0 radical (unpaired) electrons. The molecule has 1 aliphatic heterocycles. The summed E-state index contributed by atoms with van der Waals surface area (Å²) in [5.74, 6) is 2.74. The lowest BCUT2D eigenvalue weighted by Crippen LogP contribution is -2.48. The maximum absolute atomic E-state index is 12.8. The highest BCUT2D eigenvalue weighted by molar-refractivity contribution is 5.93. The van der Waals surface area contributed by atoms with Crippen molar-refractivity contribution in [1.29, 1.82) is 0 Å². The Bertz CT molecular complexity index is 1010. The number of carbonyl (C=O) groups excluding carboxylic acids is 1. The Balaban J connectivity index is 0.00000289. The molecule has 3 heterocycles. The maximum Gasteiger partial charge on any atom is 0.273 e. The molecule has 4 rings (SSSR count). The van der Waals surface area contributed by atoms with Crippen LogP contribution in [0, 0.1) is 6.92 Å². The molecule has 1 aromatic carbocycles. The molecule has 0 saturated carbocycles. The molecule has 0 aliphatic carbocycles. The number of rotatable bonds is 7. The van der Waals surface area contributed by atoms with Crippen LogP contribution < -0.4 is 10.1 Å². The zero-order chi connectivity index (χ0) is 21.8. The molecule has 1 unspecified atom stereocenters. The van der Waals surface area contributed by atoms with Gasteiger partial charge in [0, 0.05) is 44.4 Å². The van der Waals surface area contributed by atoms with Crippen molar-refractivity contribution in [3.8, 4) is 17.1 Å². The first-order valence-corrected chi connectivity index (χ1v) is 10.4. The summed E-state index contributed by atoms with van der Waals surface area (Å²) in [6, 6.07) is 13.0. The standard InChI is InChI=1S/C23H28N4O4.ClH/c1-16-4-9-21(30-16)20(27-12-10-26(2)11-13-27)15-24-23(28)19-14-22(31-25-19)17-5-7-18(29-3)8-6-17;/h4-9,14,20H,10-13,15H2,1-3H3,(H,24,28);1H. The SMILES string of the molecule is COc1ccc(-c2cc(C(=O)NCC(c3ccc(C)o3)N3CCN(C)CC3)no2)cc1.Cl. The summed E-state index contributed by atoms with van der Waals surface area (Å²) in [4.78, 5) is 17.4. The average molecular weight is 461 g/mol. The number of likely N-dealkylation sites (N-methyl/N-ethyl adjacent to an activating group) is 1. The smallest absolute Gasteiger partial charge is 0.273 e. The van der Waals surface area contributed by atoms with Crippen molar-refractivity contribution in [1.82, 2.24) is 20.3 Å². The number of halogens is 1. The van der Waals surface area contributed by atoms with Crippen molar-refractivity contribution in [3.63, 3.8) is 0 Å². The molecule has 1 atom stereocenters. The number of aryl methyl sites for hydroxylation is 1. The molecule has 0 spiro atoms. The van der Waals surface area contributed by atoms with Crippen LogP contribution in [0.4, 0.5) is 0 Å². The maximum atomic E-state index is 12.8. The molecule has 1 N–H and O–H groups in total. The van der Waals surface area contributed by atoms with Crippen LogP contribution in [-0.4, -0.2) is 67.7 Å². The van der Waals surface area contributed by atoms with Crippen molar-refractivity contribution >= 4 is 18.3 Å². The monoisotopic (exact) mass is 460 g/mol. The number of ether oxygens (including phenoxy) is 1. The Morgan fingerprint density at radius 2 is 1.88 bits per heavy atom. The van der Waals surface area contributed by atoms with E-state index < -0.39 is 0 Å². The van der Waals surface area contributed by atoms with Gasteiger partial charge in [-0.1, -0.05) is 5.16 Å². The highest BCUT2D eigenvalue weighted by Gasteiger charge is 2.27. The summed E-state index contributed by atoms with van der Waals surface area (Å²) in [5, 5.41) is 6.95. The number of piperazine rings is 1. The lowest BCUT2D eigenvalue weighted by Gasteiger charge is -2.37. The van der Waals surface area contributed by atoms with E-state index in [1.165, 1.54) is 0 Å². The fourth-order valence-electron chi connectivity index (χ4n) is 3.73. The van der Waals surface area contributed by atoms with E-state index in [0.29, 0.717) is 12.3 Å². The second-order valence-corrected chi connectivity index (χ2v) is 7.82. The number of furan rings is 1. The van der Waals surface area contributed by atoms with Gasteiger partial charge < -0.3 is 23.9 Å². The van der Waals surface area contributed by atoms with Gasteiger partial charge in [0.1, 0.15) is 17.3 Å². The van der Waals surface area contributed by atoms with Crippen LogP contribution in [0.5, 0.6) is 5.75 Å². The third-order valence-corrected chi connectivity index (χ3v) is 5.64. The van der Waals surface area contributed by atoms with Gasteiger partial charge >= 0.3 is 0 Å². The normalized spacial score (nSPS) is 15.7. The number of benzene rings is 1. The van der Waals surface area contributed by atoms with Crippen LogP contribution >= 0.6 is 12.4 Å². The van der Waals surface area contributed by atoms with E-state index in [1.807, 2.05) is 43.3 Å². The first-order chi connectivity index (χ1) is 15.0. The Kier molecular flexibility index (Phi) is 7.95. The number of aromatic nitrogens is 1. The van der Waals surface area contributed by atoms with E-state index >= 15 is 0 Å². The van der Waals surface area contributed by atoms with E-state index in [1.54, 1.807) is 13.2 Å². The fraction of sp³-hybridized carbons (Fsp3) is 0.391. The van der Waals surface area contributed by atoms with Gasteiger partial charge in [0.25, 0.3) is 5.91 Å². The Morgan fingerprint density at radius 3 is 2.50 bits per heavy atom. The van der Waals surface area contributed by atoms with Gasteiger partial charge in [0.2, 0.25) is 0 Å². The van der Waals surface area contributed by atoms with Gasteiger partial charge in [-0.3, -0.25) is 9.69 Å². The number of amides is 1.